The van der Waals surface area contributed by atoms with Crippen LogP contribution >= 0.6 is 11.6 Å². The van der Waals surface area contributed by atoms with Gasteiger partial charge in [-0.25, -0.2) is 4.39 Å². The lowest BCUT2D eigenvalue weighted by Crippen LogP contribution is -2.33. The topological polar surface area (TPSA) is 52.6 Å². The fourth-order valence-corrected chi connectivity index (χ4v) is 3.06. The minimum Gasteiger partial charge on any atom is -0.395 e. The number of hydrogen-bond acceptors (Lipinski definition) is 3. The van der Waals surface area contributed by atoms with Gasteiger partial charge in [-0.15, -0.1) is 0 Å². The second kappa shape index (κ2) is 8.46. The molecule has 1 aromatic carbocycles. The van der Waals surface area contributed by atoms with Gasteiger partial charge in [-0.05, 0) is 57.0 Å². The third-order valence-electron chi connectivity index (χ3n) is 4.04. The Morgan fingerprint density at radius 2 is 2.27 bits per heavy atom. The van der Waals surface area contributed by atoms with Crippen LogP contribution in [0.2, 0.25) is 5.02 Å². The van der Waals surface area contributed by atoms with Gasteiger partial charge in [0.1, 0.15) is 5.82 Å². The van der Waals surface area contributed by atoms with Crippen molar-refractivity contribution in [2.24, 2.45) is 0 Å². The molecule has 4 nitrogen and oxygen atoms in total. The van der Waals surface area contributed by atoms with E-state index in [1.807, 2.05) is 0 Å². The average molecular weight is 329 g/mol. The highest BCUT2D eigenvalue weighted by molar-refractivity contribution is 6.33. The summed E-state index contributed by atoms with van der Waals surface area (Å²) in [6.07, 6.45) is 4.04. The Morgan fingerprint density at radius 3 is 3.00 bits per heavy atom. The molecule has 1 aliphatic heterocycles. The molecule has 22 heavy (non-hydrogen) atoms. The number of amides is 1. The van der Waals surface area contributed by atoms with Crippen molar-refractivity contribution < 1.29 is 14.3 Å². The number of hydrogen-bond donors (Lipinski definition) is 2. The Kier molecular flexibility index (Phi) is 6.61. The summed E-state index contributed by atoms with van der Waals surface area (Å²) < 4.78 is 12.9. The minimum absolute atomic E-state index is 0.125. The van der Waals surface area contributed by atoms with Gasteiger partial charge in [0.2, 0.25) is 0 Å². The molecule has 1 aliphatic rings. The molecule has 0 bridgehead atoms. The van der Waals surface area contributed by atoms with Crippen molar-refractivity contribution >= 4 is 17.5 Å². The summed E-state index contributed by atoms with van der Waals surface area (Å²) in [7, 11) is 0. The van der Waals surface area contributed by atoms with Crippen LogP contribution in [0.1, 0.15) is 36.0 Å². The number of nitrogens with zero attached hydrogens (tertiary/aromatic N) is 1. The van der Waals surface area contributed by atoms with Crippen molar-refractivity contribution in [1.82, 2.24) is 10.2 Å². The largest absolute Gasteiger partial charge is 0.395 e. The first-order chi connectivity index (χ1) is 10.6. The predicted molar refractivity (Wildman–Crippen MR) is 84.7 cm³/mol. The molecule has 1 amide bonds. The Hall–Kier alpha value is -1.17. The van der Waals surface area contributed by atoms with Crippen LogP contribution in [0.3, 0.4) is 0 Å². The SMILES string of the molecule is O=C(NCCCCN1CCCC1CO)c1ccc(F)cc1Cl. The van der Waals surface area contributed by atoms with Crippen molar-refractivity contribution in [2.75, 3.05) is 26.2 Å². The summed E-state index contributed by atoms with van der Waals surface area (Å²) in [5.41, 5.74) is 0.294. The smallest absolute Gasteiger partial charge is 0.252 e. The summed E-state index contributed by atoms with van der Waals surface area (Å²) in [5.74, 6) is -0.731. The van der Waals surface area contributed by atoms with E-state index < -0.39 is 5.82 Å². The lowest BCUT2D eigenvalue weighted by Gasteiger charge is -2.22. The van der Waals surface area contributed by atoms with E-state index in [4.69, 9.17) is 11.6 Å². The first-order valence-corrected chi connectivity index (χ1v) is 8.08. The zero-order chi connectivity index (χ0) is 15.9. The molecule has 1 unspecified atom stereocenters. The number of halogens is 2. The lowest BCUT2D eigenvalue weighted by molar-refractivity contribution is 0.0952. The molecule has 2 rings (SSSR count). The van der Waals surface area contributed by atoms with Crippen molar-refractivity contribution in [3.05, 3.63) is 34.6 Å². The molecular weight excluding hydrogens is 307 g/mol. The van der Waals surface area contributed by atoms with Crippen LogP contribution < -0.4 is 5.32 Å². The van der Waals surface area contributed by atoms with Crippen LogP contribution in [0.4, 0.5) is 4.39 Å². The summed E-state index contributed by atoms with van der Waals surface area (Å²) in [6, 6.07) is 4.05. The van der Waals surface area contributed by atoms with E-state index in [1.54, 1.807) is 0 Å². The standard InChI is InChI=1S/C16H22ClFN2O2/c17-15-10-12(18)5-6-14(15)16(22)19-7-1-2-8-20-9-3-4-13(20)11-21/h5-6,10,13,21H,1-4,7-9,11H2,(H,19,22). The molecular formula is C16H22ClFN2O2. The maximum atomic E-state index is 12.9. The van der Waals surface area contributed by atoms with Crippen molar-refractivity contribution in [1.29, 1.82) is 0 Å². The third kappa shape index (κ3) is 4.66. The second-order valence-electron chi connectivity index (χ2n) is 5.60. The molecule has 0 aliphatic carbocycles. The second-order valence-corrected chi connectivity index (χ2v) is 6.01. The monoisotopic (exact) mass is 328 g/mol. The van der Waals surface area contributed by atoms with E-state index in [0.29, 0.717) is 18.2 Å². The van der Waals surface area contributed by atoms with Crippen LogP contribution in [0, 0.1) is 5.82 Å². The van der Waals surface area contributed by atoms with E-state index in [0.717, 1.165) is 44.8 Å². The van der Waals surface area contributed by atoms with E-state index in [2.05, 4.69) is 10.2 Å². The normalized spacial score (nSPS) is 18.6. The molecule has 0 radical (unpaired) electrons. The first-order valence-electron chi connectivity index (χ1n) is 7.70. The Bertz CT molecular complexity index is 513. The van der Waals surface area contributed by atoms with Crippen molar-refractivity contribution in [3.63, 3.8) is 0 Å². The third-order valence-corrected chi connectivity index (χ3v) is 4.36. The van der Waals surface area contributed by atoms with Crippen LogP contribution in [0.5, 0.6) is 0 Å². The maximum absolute atomic E-state index is 12.9. The highest BCUT2D eigenvalue weighted by atomic mass is 35.5. The Balaban J connectivity index is 1.67. The quantitative estimate of drug-likeness (QED) is 0.756. The minimum atomic E-state index is -0.453. The van der Waals surface area contributed by atoms with Crippen LogP contribution in [-0.2, 0) is 0 Å². The van der Waals surface area contributed by atoms with Crippen LogP contribution in [-0.4, -0.2) is 48.2 Å². The Morgan fingerprint density at radius 1 is 1.45 bits per heavy atom. The number of aliphatic hydroxyl groups excluding tert-OH is 1. The number of carbonyl (C=O) groups excluding carboxylic acids is 1. The van der Waals surface area contributed by atoms with Crippen molar-refractivity contribution in [3.8, 4) is 0 Å². The van der Waals surface area contributed by atoms with Crippen molar-refractivity contribution in [2.45, 2.75) is 31.7 Å². The number of aliphatic hydroxyl groups is 1. The van der Waals surface area contributed by atoms with E-state index in [1.165, 1.54) is 12.1 Å². The average Bonchev–Trinajstić information content (AvgIpc) is 2.94. The van der Waals surface area contributed by atoms with E-state index >= 15 is 0 Å². The van der Waals surface area contributed by atoms with Gasteiger partial charge < -0.3 is 10.4 Å². The molecule has 2 N–H and O–H groups in total. The van der Waals surface area contributed by atoms with E-state index in [9.17, 15) is 14.3 Å². The number of carbonyl (C=O) groups is 1. The number of nitrogens with one attached hydrogen (secondary N) is 1. The van der Waals surface area contributed by atoms with Crippen LogP contribution in [0.15, 0.2) is 18.2 Å². The van der Waals surface area contributed by atoms with Gasteiger partial charge in [0, 0.05) is 12.6 Å². The molecule has 1 saturated heterocycles. The molecule has 1 aromatic rings. The summed E-state index contributed by atoms with van der Waals surface area (Å²) in [6.45, 7) is 2.77. The number of rotatable bonds is 7. The number of benzene rings is 1. The fraction of sp³-hybridized carbons (Fsp3) is 0.562. The summed E-state index contributed by atoms with van der Waals surface area (Å²) in [4.78, 5) is 14.2. The predicted octanol–water partition coefficient (Wildman–Crippen LogP) is 2.45. The van der Waals surface area contributed by atoms with Gasteiger partial charge in [0.05, 0.1) is 17.2 Å². The van der Waals surface area contributed by atoms with Gasteiger partial charge in [0.25, 0.3) is 5.91 Å². The van der Waals surface area contributed by atoms with Gasteiger partial charge in [-0.3, -0.25) is 9.69 Å². The first kappa shape index (κ1) is 17.2. The van der Waals surface area contributed by atoms with Gasteiger partial charge in [0.15, 0.2) is 0 Å². The molecule has 6 heteroatoms. The Labute approximate surface area is 135 Å². The van der Waals surface area contributed by atoms with E-state index in [-0.39, 0.29) is 17.5 Å². The zero-order valence-electron chi connectivity index (χ0n) is 12.5. The maximum Gasteiger partial charge on any atom is 0.252 e. The highest BCUT2D eigenvalue weighted by Crippen LogP contribution is 2.18. The summed E-state index contributed by atoms with van der Waals surface area (Å²) >= 11 is 5.85. The molecule has 1 heterocycles. The molecule has 0 saturated carbocycles. The highest BCUT2D eigenvalue weighted by Gasteiger charge is 2.22. The van der Waals surface area contributed by atoms with Gasteiger partial charge in [-0.2, -0.15) is 0 Å². The molecule has 0 spiro atoms. The fourth-order valence-electron chi connectivity index (χ4n) is 2.81. The number of likely N-dealkylation sites (tertiary alicyclic amines) is 1. The zero-order valence-corrected chi connectivity index (χ0v) is 13.3. The lowest BCUT2D eigenvalue weighted by atomic mass is 10.2. The van der Waals surface area contributed by atoms with Gasteiger partial charge >= 0.3 is 0 Å². The molecule has 0 aromatic heterocycles. The molecule has 122 valence electrons. The number of unbranched alkanes of at least 4 members (excludes halogenated alkanes) is 1. The molecule has 1 atom stereocenters. The molecule has 1 fully saturated rings. The van der Waals surface area contributed by atoms with Crippen LogP contribution in [0.25, 0.3) is 0 Å². The summed E-state index contributed by atoms with van der Waals surface area (Å²) in [5, 5.41) is 12.2. The van der Waals surface area contributed by atoms with Gasteiger partial charge in [-0.1, -0.05) is 11.6 Å².